The summed E-state index contributed by atoms with van der Waals surface area (Å²) in [6, 6.07) is 9.62. The molecule has 0 radical (unpaired) electrons. The molecular weight excluding hydrogens is 264 g/mol. The molecule has 2 aliphatic rings. The van der Waals surface area contributed by atoms with Crippen LogP contribution in [0.15, 0.2) is 30.3 Å². The predicted octanol–water partition coefficient (Wildman–Crippen LogP) is 2.67. The highest BCUT2D eigenvalue weighted by Crippen LogP contribution is 2.36. The van der Waals surface area contributed by atoms with E-state index in [1.807, 2.05) is 30.3 Å². The lowest BCUT2D eigenvalue weighted by molar-refractivity contribution is 0.0651. The van der Waals surface area contributed by atoms with Gasteiger partial charge < -0.3 is 4.90 Å². The maximum atomic E-state index is 12.3. The van der Waals surface area contributed by atoms with Gasteiger partial charge in [-0.25, -0.2) is 0 Å². The van der Waals surface area contributed by atoms with E-state index in [0.29, 0.717) is 11.1 Å². The minimum absolute atomic E-state index is 0.211. The van der Waals surface area contributed by atoms with Gasteiger partial charge in [0.1, 0.15) is 0 Å². The van der Waals surface area contributed by atoms with Crippen LogP contribution in [0, 0.1) is 0 Å². The van der Waals surface area contributed by atoms with E-state index < -0.39 is 0 Å². The first-order valence-electron chi connectivity index (χ1n) is 7.31. The second kappa shape index (κ2) is 4.32. The zero-order valence-corrected chi connectivity index (χ0v) is 11.9. The molecule has 1 fully saturated rings. The maximum Gasteiger partial charge on any atom is 0.261 e. The number of carbonyl (C=O) groups is 2. The third-order valence-electron chi connectivity index (χ3n) is 4.53. The number of imide groups is 1. The highest BCUT2D eigenvalue weighted by molar-refractivity contribution is 6.26. The molecule has 2 aromatic rings. The standard InChI is InChI=1S/C17H16N2O2/c1-18-16(20)12-6-4-5-11-14(19-9-2-3-10-19)8-7-13(15(11)12)17(18)21/h4-8H,2-3,9-10H2,1H3. The van der Waals surface area contributed by atoms with Gasteiger partial charge in [-0.2, -0.15) is 0 Å². The van der Waals surface area contributed by atoms with Gasteiger partial charge in [-0.3, -0.25) is 14.5 Å². The Labute approximate surface area is 122 Å². The van der Waals surface area contributed by atoms with Crippen LogP contribution in [0.1, 0.15) is 33.6 Å². The number of carbonyl (C=O) groups excluding carboxylic acids is 2. The summed E-state index contributed by atoms with van der Waals surface area (Å²) < 4.78 is 0. The second-order valence-corrected chi connectivity index (χ2v) is 5.72. The molecule has 0 aliphatic carbocycles. The number of hydrogen-bond acceptors (Lipinski definition) is 3. The Morgan fingerprint density at radius 3 is 2.29 bits per heavy atom. The minimum Gasteiger partial charge on any atom is -0.371 e. The molecule has 2 heterocycles. The van der Waals surface area contributed by atoms with Gasteiger partial charge in [0.15, 0.2) is 0 Å². The van der Waals surface area contributed by atoms with Crippen molar-refractivity contribution in [1.82, 2.24) is 4.90 Å². The molecule has 0 spiro atoms. The molecule has 2 aliphatic heterocycles. The molecule has 4 rings (SSSR count). The van der Waals surface area contributed by atoms with E-state index in [1.165, 1.54) is 17.7 Å². The van der Waals surface area contributed by atoms with E-state index >= 15 is 0 Å². The van der Waals surface area contributed by atoms with Crippen molar-refractivity contribution in [3.63, 3.8) is 0 Å². The molecule has 106 valence electrons. The van der Waals surface area contributed by atoms with Crippen molar-refractivity contribution in [2.75, 3.05) is 25.0 Å². The number of hydrogen-bond donors (Lipinski definition) is 0. The molecule has 4 nitrogen and oxygen atoms in total. The van der Waals surface area contributed by atoms with Crippen molar-refractivity contribution in [2.45, 2.75) is 12.8 Å². The first kappa shape index (κ1) is 12.4. The van der Waals surface area contributed by atoms with Crippen LogP contribution >= 0.6 is 0 Å². The lowest BCUT2D eigenvalue weighted by Crippen LogP contribution is -2.37. The molecule has 0 bridgehead atoms. The van der Waals surface area contributed by atoms with Crippen molar-refractivity contribution in [2.24, 2.45) is 0 Å². The average Bonchev–Trinajstić information content (AvgIpc) is 3.04. The largest absolute Gasteiger partial charge is 0.371 e. The molecule has 0 atom stereocenters. The summed E-state index contributed by atoms with van der Waals surface area (Å²) in [6.45, 7) is 2.08. The van der Waals surface area contributed by atoms with Gasteiger partial charge in [-0.1, -0.05) is 12.1 Å². The van der Waals surface area contributed by atoms with E-state index in [2.05, 4.69) is 4.90 Å². The SMILES string of the molecule is CN1C(=O)c2cccc3c(N4CCCC4)ccc(c23)C1=O. The van der Waals surface area contributed by atoms with Gasteiger partial charge in [-0.15, -0.1) is 0 Å². The second-order valence-electron chi connectivity index (χ2n) is 5.72. The van der Waals surface area contributed by atoms with E-state index in [1.54, 1.807) is 7.05 Å². The predicted molar refractivity (Wildman–Crippen MR) is 81.8 cm³/mol. The Morgan fingerprint density at radius 2 is 1.57 bits per heavy atom. The smallest absolute Gasteiger partial charge is 0.261 e. The minimum atomic E-state index is -0.211. The summed E-state index contributed by atoms with van der Waals surface area (Å²) >= 11 is 0. The molecule has 0 N–H and O–H groups in total. The molecule has 4 heteroatoms. The Morgan fingerprint density at radius 1 is 0.905 bits per heavy atom. The normalized spacial score (nSPS) is 18.0. The lowest BCUT2D eigenvalue weighted by Gasteiger charge is -2.27. The molecule has 1 saturated heterocycles. The van der Waals surface area contributed by atoms with Gasteiger partial charge in [0.25, 0.3) is 11.8 Å². The highest BCUT2D eigenvalue weighted by Gasteiger charge is 2.31. The van der Waals surface area contributed by atoms with Crippen LogP contribution < -0.4 is 4.90 Å². The molecule has 0 saturated carbocycles. The fourth-order valence-corrected chi connectivity index (χ4v) is 3.44. The Hall–Kier alpha value is -2.36. The van der Waals surface area contributed by atoms with Crippen molar-refractivity contribution in [3.05, 3.63) is 41.5 Å². The summed E-state index contributed by atoms with van der Waals surface area (Å²) in [4.78, 5) is 28.2. The summed E-state index contributed by atoms with van der Waals surface area (Å²) in [5.74, 6) is -0.423. The maximum absolute atomic E-state index is 12.3. The molecule has 2 aromatic carbocycles. The van der Waals surface area contributed by atoms with E-state index in [9.17, 15) is 9.59 Å². The number of rotatable bonds is 1. The number of amides is 2. The third-order valence-corrected chi connectivity index (χ3v) is 4.53. The summed E-state index contributed by atoms with van der Waals surface area (Å²) in [5, 5.41) is 1.83. The van der Waals surface area contributed by atoms with E-state index in [-0.39, 0.29) is 11.8 Å². The quantitative estimate of drug-likeness (QED) is 0.754. The molecule has 0 unspecified atom stereocenters. The average molecular weight is 280 g/mol. The van der Waals surface area contributed by atoms with Crippen molar-refractivity contribution < 1.29 is 9.59 Å². The number of nitrogens with zero attached hydrogens (tertiary/aromatic N) is 2. The van der Waals surface area contributed by atoms with Gasteiger partial charge in [0.05, 0.1) is 0 Å². The Kier molecular flexibility index (Phi) is 2.55. The summed E-state index contributed by atoms with van der Waals surface area (Å²) in [5.41, 5.74) is 2.40. The zero-order chi connectivity index (χ0) is 14.6. The monoisotopic (exact) mass is 280 g/mol. The Bertz CT molecular complexity index is 753. The van der Waals surface area contributed by atoms with Crippen LogP contribution in [0.3, 0.4) is 0 Å². The molecular formula is C17H16N2O2. The van der Waals surface area contributed by atoms with Gasteiger partial charge in [-0.05, 0) is 31.0 Å². The van der Waals surface area contributed by atoms with Crippen LogP contribution in [-0.2, 0) is 0 Å². The Balaban J connectivity index is 2.04. The van der Waals surface area contributed by atoms with Gasteiger partial charge in [0, 0.05) is 47.7 Å². The topological polar surface area (TPSA) is 40.6 Å². The van der Waals surface area contributed by atoms with Crippen molar-refractivity contribution in [1.29, 1.82) is 0 Å². The van der Waals surface area contributed by atoms with E-state index in [0.717, 1.165) is 29.5 Å². The van der Waals surface area contributed by atoms with Crippen LogP contribution in [0.25, 0.3) is 10.8 Å². The van der Waals surface area contributed by atoms with Crippen molar-refractivity contribution >= 4 is 28.3 Å². The lowest BCUT2D eigenvalue weighted by atomic mass is 9.93. The van der Waals surface area contributed by atoms with Crippen molar-refractivity contribution in [3.8, 4) is 0 Å². The molecule has 21 heavy (non-hydrogen) atoms. The first-order valence-corrected chi connectivity index (χ1v) is 7.31. The van der Waals surface area contributed by atoms with Crippen LogP contribution in [0.5, 0.6) is 0 Å². The summed E-state index contributed by atoms with van der Waals surface area (Å²) in [7, 11) is 1.54. The number of anilines is 1. The first-order chi connectivity index (χ1) is 10.2. The summed E-state index contributed by atoms with van der Waals surface area (Å²) in [6.07, 6.45) is 2.40. The molecule has 2 amide bonds. The highest BCUT2D eigenvalue weighted by atomic mass is 16.2. The van der Waals surface area contributed by atoms with Gasteiger partial charge >= 0.3 is 0 Å². The van der Waals surface area contributed by atoms with Crippen LogP contribution in [-0.4, -0.2) is 36.9 Å². The third kappa shape index (κ3) is 1.62. The zero-order valence-electron chi connectivity index (χ0n) is 11.9. The van der Waals surface area contributed by atoms with E-state index in [4.69, 9.17) is 0 Å². The molecule has 0 aromatic heterocycles. The van der Waals surface area contributed by atoms with Crippen LogP contribution in [0.2, 0.25) is 0 Å². The fraction of sp³-hybridized carbons (Fsp3) is 0.294. The van der Waals surface area contributed by atoms with Gasteiger partial charge in [0.2, 0.25) is 0 Å². The fourth-order valence-electron chi connectivity index (χ4n) is 3.44. The van der Waals surface area contributed by atoms with Crippen LogP contribution in [0.4, 0.5) is 5.69 Å². The number of benzene rings is 2.